The lowest BCUT2D eigenvalue weighted by molar-refractivity contribution is 1.21. The summed E-state index contributed by atoms with van der Waals surface area (Å²) in [4.78, 5) is 32.9. The van der Waals surface area contributed by atoms with E-state index in [4.69, 9.17) is 29.9 Å². The van der Waals surface area contributed by atoms with Crippen molar-refractivity contribution in [1.29, 1.82) is 0 Å². The Balaban J connectivity index is 1.08. The smallest absolute Gasteiger partial charge is 0.142 e. The molecule has 46 heavy (non-hydrogen) atoms. The zero-order valence-electron chi connectivity index (χ0n) is 23.9. The second kappa shape index (κ2) is 9.30. The third kappa shape index (κ3) is 3.30. The lowest BCUT2D eigenvalue weighted by Crippen LogP contribution is -1.95. The van der Waals surface area contributed by atoms with E-state index in [-0.39, 0.29) is 0 Å². The number of fused-ring (bicyclic) bond motifs is 7. The monoisotopic (exact) mass is 629 g/mol. The van der Waals surface area contributed by atoms with Gasteiger partial charge in [0.1, 0.15) is 39.4 Å². The standard InChI is InChI=1S/C35H19N9S2/c1-3-16-5-7-20-24-22(16)28-30(39-11-9-37-28)26(24)34(45-20)43-32-18-13-36-14-19(18)33(42-15-41-32)44-35-27-25-21(46-35)8-6-17(4-2)23(25)29-31(27)40-12-10-38-29/h3-15H,1-2H2,(H2,41,42,43,44). The summed E-state index contributed by atoms with van der Waals surface area (Å²) in [6.45, 7) is 8.07. The first-order valence-corrected chi connectivity index (χ1v) is 16.1. The fourth-order valence-electron chi connectivity index (χ4n) is 6.70. The van der Waals surface area contributed by atoms with Gasteiger partial charge in [0.25, 0.3) is 0 Å². The van der Waals surface area contributed by atoms with Crippen molar-refractivity contribution >= 4 is 76.6 Å². The highest BCUT2D eigenvalue weighted by Gasteiger charge is 2.33. The average Bonchev–Trinajstić information content (AvgIpc) is 3.90. The maximum absolute atomic E-state index is 4.77. The van der Waals surface area contributed by atoms with Gasteiger partial charge in [0.05, 0.1) is 11.4 Å². The molecule has 2 aliphatic carbocycles. The molecule has 0 unspecified atom stereocenters. The SMILES string of the molecule is C=Cc1ccc2sc(Nc3ncnc(Nc4sc5ccc(C=C)c6c5c4-c4nccnc4-6)c4cncc3-4)c3c2c1-c1nccnc1-3. The minimum Gasteiger partial charge on any atom is -0.331 e. The van der Waals surface area contributed by atoms with Gasteiger partial charge in [-0.2, -0.15) is 0 Å². The van der Waals surface area contributed by atoms with Crippen molar-refractivity contribution in [3.05, 3.63) is 92.1 Å². The van der Waals surface area contributed by atoms with Gasteiger partial charge in [0.2, 0.25) is 0 Å². The minimum atomic E-state index is 0.647. The van der Waals surface area contributed by atoms with Crippen molar-refractivity contribution in [3.63, 3.8) is 0 Å². The Hall–Kier alpha value is -5.91. The van der Waals surface area contributed by atoms with E-state index >= 15 is 0 Å². The van der Waals surface area contributed by atoms with Gasteiger partial charge in [-0.1, -0.05) is 37.4 Å². The molecule has 0 atom stereocenters. The van der Waals surface area contributed by atoms with Crippen LogP contribution in [0.25, 0.3) is 88.5 Å². The first kappa shape index (κ1) is 25.4. The second-order valence-corrected chi connectivity index (χ2v) is 13.0. The Morgan fingerprint density at radius 3 is 1.41 bits per heavy atom. The van der Waals surface area contributed by atoms with E-state index < -0.39 is 0 Å². The number of thiophene rings is 2. The molecule has 0 fully saturated rings. The number of hydrogen-bond donors (Lipinski definition) is 2. The summed E-state index contributed by atoms with van der Waals surface area (Å²) in [6.07, 6.45) is 15.9. The van der Waals surface area contributed by atoms with Gasteiger partial charge in [-0.25, -0.2) is 9.97 Å². The number of benzene rings is 2. The summed E-state index contributed by atoms with van der Waals surface area (Å²) in [5.41, 5.74) is 11.4. The predicted molar refractivity (Wildman–Crippen MR) is 187 cm³/mol. The Morgan fingerprint density at radius 2 is 0.978 bits per heavy atom. The highest BCUT2D eigenvalue weighted by molar-refractivity contribution is 7.24. The van der Waals surface area contributed by atoms with Gasteiger partial charge in [0.15, 0.2) is 0 Å². The molecule has 2 N–H and O–H groups in total. The van der Waals surface area contributed by atoms with Crippen LogP contribution in [0.1, 0.15) is 11.1 Å². The Morgan fingerprint density at radius 1 is 0.543 bits per heavy atom. The first-order valence-electron chi connectivity index (χ1n) is 14.4. The minimum absolute atomic E-state index is 0.647. The molecule has 0 radical (unpaired) electrons. The van der Waals surface area contributed by atoms with Crippen LogP contribution in [0.3, 0.4) is 0 Å². The molecule has 216 valence electrons. The van der Waals surface area contributed by atoms with Crippen molar-refractivity contribution in [2.24, 2.45) is 0 Å². The van der Waals surface area contributed by atoms with E-state index in [1.807, 2.05) is 24.5 Å². The van der Waals surface area contributed by atoms with Crippen molar-refractivity contribution in [2.45, 2.75) is 0 Å². The Labute approximate surface area is 269 Å². The molecule has 11 heteroatoms. The summed E-state index contributed by atoms with van der Waals surface area (Å²) in [5, 5.41) is 11.4. The van der Waals surface area contributed by atoms with Crippen LogP contribution in [0.5, 0.6) is 0 Å². The van der Waals surface area contributed by atoms with Crippen LogP contribution in [-0.2, 0) is 0 Å². The lowest BCUT2D eigenvalue weighted by atomic mass is 10.0. The fraction of sp³-hybridized carbons (Fsp3) is 0. The zero-order chi connectivity index (χ0) is 30.5. The number of anilines is 4. The van der Waals surface area contributed by atoms with E-state index in [9.17, 15) is 0 Å². The molecule has 0 amide bonds. The third-order valence-electron chi connectivity index (χ3n) is 8.61. The largest absolute Gasteiger partial charge is 0.331 e. The van der Waals surface area contributed by atoms with E-state index in [1.54, 1.807) is 53.8 Å². The summed E-state index contributed by atoms with van der Waals surface area (Å²) in [5.74, 6) is 1.29. The molecule has 2 aliphatic heterocycles. The molecule has 9 nitrogen and oxygen atoms in total. The van der Waals surface area contributed by atoms with Gasteiger partial charge in [-0.3, -0.25) is 24.9 Å². The number of rotatable bonds is 6. The van der Waals surface area contributed by atoms with Gasteiger partial charge < -0.3 is 10.6 Å². The first-order chi connectivity index (χ1) is 22.7. The molecule has 10 rings (SSSR count). The molecule has 2 aromatic carbocycles. The number of nitrogens with zero attached hydrogens (tertiary/aromatic N) is 7. The highest BCUT2D eigenvalue weighted by Crippen LogP contribution is 2.56. The summed E-state index contributed by atoms with van der Waals surface area (Å²) in [6, 6.07) is 8.43. The predicted octanol–water partition coefficient (Wildman–Crippen LogP) is 9.05. The topological polar surface area (TPSA) is 114 Å². The second-order valence-electron chi connectivity index (χ2n) is 10.9. The molecule has 4 aliphatic rings. The van der Waals surface area contributed by atoms with Gasteiger partial charge >= 0.3 is 0 Å². The van der Waals surface area contributed by atoms with Crippen LogP contribution in [0, 0.1) is 0 Å². The molecular weight excluding hydrogens is 611 g/mol. The van der Waals surface area contributed by atoms with Gasteiger partial charge in [-0.15, -0.1) is 22.7 Å². The number of nitrogens with one attached hydrogen (secondary N) is 2. The summed E-state index contributed by atoms with van der Waals surface area (Å²) >= 11 is 3.33. The van der Waals surface area contributed by atoms with E-state index in [1.165, 1.54) is 0 Å². The van der Waals surface area contributed by atoms with Crippen LogP contribution in [-0.4, -0.2) is 34.9 Å². The summed E-state index contributed by atoms with van der Waals surface area (Å²) < 4.78 is 2.28. The number of hydrogen-bond acceptors (Lipinski definition) is 11. The molecule has 6 aromatic rings. The van der Waals surface area contributed by atoms with E-state index in [0.717, 1.165) is 97.5 Å². The van der Waals surface area contributed by atoms with Crippen molar-refractivity contribution in [3.8, 4) is 56.2 Å². The molecule has 0 saturated heterocycles. The fourth-order valence-corrected chi connectivity index (χ4v) is 8.92. The van der Waals surface area contributed by atoms with Gasteiger partial charge in [-0.05, 0) is 23.3 Å². The Kier molecular flexibility index (Phi) is 5.14. The van der Waals surface area contributed by atoms with Gasteiger partial charge in [0, 0.05) is 90.7 Å². The quantitative estimate of drug-likeness (QED) is 0.186. The zero-order valence-corrected chi connectivity index (χ0v) is 25.5. The Bertz CT molecular complexity index is 2430. The van der Waals surface area contributed by atoms with Crippen LogP contribution < -0.4 is 10.6 Å². The van der Waals surface area contributed by atoms with Crippen molar-refractivity contribution < 1.29 is 0 Å². The van der Waals surface area contributed by atoms with E-state index in [2.05, 4.69) is 53.0 Å². The normalized spacial score (nSPS) is 12.1. The molecule has 0 spiro atoms. The maximum atomic E-state index is 4.77. The van der Waals surface area contributed by atoms with Crippen LogP contribution in [0.4, 0.5) is 21.6 Å². The average molecular weight is 630 g/mol. The number of aromatic nitrogens is 7. The summed E-state index contributed by atoms with van der Waals surface area (Å²) in [7, 11) is 0. The molecular formula is C35H19N9S2. The molecule has 4 aromatic heterocycles. The van der Waals surface area contributed by atoms with Crippen LogP contribution >= 0.6 is 22.7 Å². The van der Waals surface area contributed by atoms with Crippen molar-refractivity contribution in [1.82, 2.24) is 34.9 Å². The lowest BCUT2D eigenvalue weighted by Gasteiger charge is -2.09. The molecule has 6 heterocycles. The molecule has 0 saturated carbocycles. The maximum Gasteiger partial charge on any atom is 0.142 e. The highest BCUT2D eigenvalue weighted by atomic mass is 32.1. The van der Waals surface area contributed by atoms with Crippen LogP contribution in [0.15, 0.2) is 80.9 Å². The van der Waals surface area contributed by atoms with Crippen molar-refractivity contribution in [2.75, 3.05) is 10.6 Å². The van der Waals surface area contributed by atoms with E-state index in [0.29, 0.717) is 11.6 Å². The molecule has 0 bridgehead atoms. The van der Waals surface area contributed by atoms with Crippen LogP contribution in [0.2, 0.25) is 0 Å². The third-order valence-corrected chi connectivity index (χ3v) is 10.7.